The molecule has 0 saturated heterocycles. The van der Waals surface area contributed by atoms with E-state index < -0.39 is 0 Å². The van der Waals surface area contributed by atoms with Crippen LogP contribution in [0.25, 0.3) is 0 Å². The van der Waals surface area contributed by atoms with Gasteiger partial charge in [-0.15, -0.1) is 0 Å². The average molecular weight is 532 g/mol. The molecule has 0 aliphatic heterocycles. The number of amides is 1. The van der Waals surface area contributed by atoms with Crippen LogP contribution in [-0.2, 0) is 6.61 Å². The molecule has 0 aliphatic carbocycles. The molecule has 0 bridgehead atoms. The number of hydrogen-bond acceptors (Lipinski definition) is 5. The SMILES string of the molecule is CCCOc1ccc(C(=O)N/N=C/c2cc(Br)ccc2OCc2ccc(Cl)cc2)cc1OC. The first kappa shape index (κ1) is 24.6. The molecule has 33 heavy (non-hydrogen) atoms. The number of methoxy groups -OCH3 is 1. The van der Waals surface area contributed by atoms with E-state index in [4.69, 9.17) is 25.8 Å². The van der Waals surface area contributed by atoms with Gasteiger partial charge in [0.2, 0.25) is 0 Å². The van der Waals surface area contributed by atoms with E-state index in [-0.39, 0.29) is 5.91 Å². The molecule has 172 valence electrons. The lowest BCUT2D eigenvalue weighted by Gasteiger charge is -2.11. The Morgan fingerprint density at radius 1 is 1.03 bits per heavy atom. The van der Waals surface area contributed by atoms with Crippen LogP contribution in [-0.4, -0.2) is 25.8 Å². The summed E-state index contributed by atoms with van der Waals surface area (Å²) in [4.78, 5) is 12.5. The Hall–Kier alpha value is -3.03. The van der Waals surface area contributed by atoms with E-state index in [9.17, 15) is 4.79 Å². The summed E-state index contributed by atoms with van der Waals surface area (Å²) >= 11 is 9.39. The van der Waals surface area contributed by atoms with E-state index in [0.717, 1.165) is 16.5 Å². The summed E-state index contributed by atoms with van der Waals surface area (Å²) in [5.74, 6) is 1.34. The van der Waals surface area contributed by atoms with E-state index in [1.165, 1.54) is 13.3 Å². The molecule has 3 aromatic carbocycles. The van der Waals surface area contributed by atoms with Crippen LogP contribution in [0, 0.1) is 0 Å². The zero-order valence-electron chi connectivity index (χ0n) is 18.3. The zero-order valence-corrected chi connectivity index (χ0v) is 20.7. The summed E-state index contributed by atoms with van der Waals surface area (Å²) in [5.41, 5.74) is 4.63. The number of ether oxygens (including phenoxy) is 3. The largest absolute Gasteiger partial charge is 0.493 e. The Morgan fingerprint density at radius 2 is 1.79 bits per heavy atom. The summed E-state index contributed by atoms with van der Waals surface area (Å²) in [6.07, 6.45) is 2.41. The van der Waals surface area contributed by atoms with Gasteiger partial charge in [-0.2, -0.15) is 5.10 Å². The molecule has 8 heteroatoms. The van der Waals surface area contributed by atoms with Crippen LogP contribution >= 0.6 is 27.5 Å². The monoisotopic (exact) mass is 530 g/mol. The molecule has 3 rings (SSSR count). The number of rotatable bonds is 10. The van der Waals surface area contributed by atoms with Gasteiger partial charge in [0.15, 0.2) is 11.5 Å². The Morgan fingerprint density at radius 3 is 2.52 bits per heavy atom. The van der Waals surface area contributed by atoms with Crippen LogP contribution in [0.15, 0.2) is 70.2 Å². The highest BCUT2D eigenvalue weighted by Gasteiger charge is 2.11. The number of hydrazone groups is 1. The van der Waals surface area contributed by atoms with Gasteiger partial charge in [0, 0.05) is 20.6 Å². The fraction of sp³-hybridized carbons (Fsp3) is 0.200. The lowest BCUT2D eigenvalue weighted by molar-refractivity contribution is 0.0954. The van der Waals surface area contributed by atoms with Crippen LogP contribution in [0.2, 0.25) is 5.02 Å². The van der Waals surface area contributed by atoms with Crippen molar-refractivity contribution in [3.05, 3.63) is 86.8 Å². The quantitative estimate of drug-likeness (QED) is 0.248. The van der Waals surface area contributed by atoms with Gasteiger partial charge in [-0.1, -0.05) is 46.6 Å². The smallest absolute Gasteiger partial charge is 0.271 e. The third-order valence-corrected chi connectivity index (χ3v) is 5.28. The molecular weight excluding hydrogens is 508 g/mol. The van der Waals surface area contributed by atoms with Gasteiger partial charge in [-0.05, 0) is 60.5 Å². The van der Waals surface area contributed by atoms with E-state index in [1.807, 2.05) is 49.4 Å². The fourth-order valence-corrected chi connectivity index (χ4v) is 3.36. The van der Waals surface area contributed by atoms with Crippen LogP contribution in [0.5, 0.6) is 17.2 Å². The van der Waals surface area contributed by atoms with Crippen molar-refractivity contribution in [3.8, 4) is 17.2 Å². The minimum atomic E-state index is -0.370. The minimum Gasteiger partial charge on any atom is -0.493 e. The molecular formula is C25H24BrClN2O4. The molecule has 0 aliphatic rings. The second-order valence-corrected chi connectivity index (χ2v) is 8.36. The molecule has 6 nitrogen and oxygen atoms in total. The Balaban J connectivity index is 1.67. The van der Waals surface area contributed by atoms with Crippen LogP contribution < -0.4 is 19.6 Å². The lowest BCUT2D eigenvalue weighted by Crippen LogP contribution is -2.17. The molecule has 1 N–H and O–H groups in total. The van der Waals surface area contributed by atoms with Gasteiger partial charge >= 0.3 is 0 Å². The molecule has 0 fully saturated rings. The van der Waals surface area contributed by atoms with Crippen molar-refractivity contribution in [1.29, 1.82) is 0 Å². The van der Waals surface area contributed by atoms with Crippen molar-refractivity contribution < 1.29 is 19.0 Å². The van der Waals surface area contributed by atoms with Crippen LogP contribution in [0.1, 0.15) is 34.8 Å². The Kier molecular flexibility index (Phi) is 9.15. The molecule has 0 spiro atoms. The van der Waals surface area contributed by atoms with Gasteiger partial charge in [0.05, 0.1) is 19.9 Å². The van der Waals surface area contributed by atoms with Gasteiger partial charge in [0.1, 0.15) is 12.4 Å². The van der Waals surface area contributed by atoms with Crippen molar-refractivity contribution in [2.45, 2.75) is 20.0 Å². The second-order valence-electron chi connectivity index (χ2n) is 7.01. The molecule has 0 radical (unpaired) electrons. The number of benzene rings is 3. The van der Waals surface area contributed by atoms with Crippen molar-refractivity contribution in [1.82, 2.24) is 5.43 Å². The Labute approximate surface area is 206 Å². The summed E-state index contributed by atoms with van der Waals surface area (Å²) < 4.78 is 17.8. The maximum absolute atomic E-state index is 12.5. The zero-order chi connectivity index (χ0) is 23.6. The average Bonchev–Trinajstić information content (AvgIpc) is 2.83. The van der Waals surface area contributed by atoms with Gasteiger partial charge in [-0.3, -0.25) is 4.79 Å². The lowest BCUT2D eigenvalue weighted by atomic mass is 10.2. The maximum Gasteiger partial charge on any atom is 0.271 e. The van der Waals surface area contributed by atoms with Crippen molar-refractivity contribution in [3.63, 3.8) is 0 Å². The highest BCUT2D eigenvalue weighted by molar-refractivity contribution is 9.10. The van der Waals surface area contributed by atoms with Crippen molar-refractivity contribution >= 4 is 39.7 Å². The first-order valence-corrected chi connectivity index (χ1v) is 11.5. The standard InChI is InChI=1S/C25H24BrClN2O4/c1-3-12-32-23-10-6-18(14-24(23)31-2)25(30)29-28-15-19-13-20(26)7-11-22(19)33-16-17-4-8-21(27)9-5-17/h4-11,13-15H,3,12,16H2,1-2H3,(H,29,30)/b28-15+. The Bertz CT molecular complexity index is 1120. The number of hydrogen-bond donors (Lipinski definition) is 1. The molecule has 0 aromatic heterocycles. The summed E-state index contributed by atoms with van der Waals surface area (Å²) in [5, 5.41) is 4.77. The summed E-state index contributed by atoms with van der Waals surface area (Å²) in [7, 11) is 1.53. The first-order chi connectivity index (χ1) is 16.0. The second kappa shape index (κ2) is 12.3. The normalized spacial score (nSPS) is 10.8. The molecule has 0 atom stereocenters. The van der Waals surface area contributed by atoms with Crippen LogP contribution in [0.3, 0.4) is 0 Å². The third-order valence-electron chi connectivity index (χ3n) is 4.54. The first-order valence-electron chi connectivity index (χ1n) is 10.3. The number of carbonyl (C=O) groups is 1. The van der Waals surface area contributed by atoms with Crippen molar-refractivity contribution in [2.75, 3.05) is 13.7 Å². The number of carbonyl (C=O) groups excluding carboxylic acids is 1. The minimum absolute atomic E-state index is 0.370. The molecule has 0 saturated carbocycles. The highest BCUT2D eigenvalue weighted by Crippen LogP contribution is 2.28. The number of nitrogens with zero attached hydrogens (tertiary/aromatic N) is 1. The van der Waals surface area contributed by atoms with Gasteiger partial charge in [-0.25, -0.2) is 5.43 Å². The predicted molar refractivity (Wildman–Crippen MR) is 134 cm³/mol. The van der Waals surface area contributed by atoms with E-state index >= 15 is 0 Å². The molecule has 3 aromatic rings. The third kappa shape index (κ3) is 7.23. The molecule has 0 unspecified atom stereocenters. The number of nitrogens with one attached hydrogen (secondary N) is 1. The topological polar surface area (TPSA) is 69.2 Å². The molecule has 1 amide bonds. The fourth-order valence-electron chi connectivity index (χ4n) is 2.86. The highest BCUT2D eigenvalue weighted by atomic mass is 79.9. The van der Waals surface area contributed by atoms with E-state index in [1.54, 1.807) is 18.2 Å². The summed E-state index contributed by atoms with van der Waals surface area (Å²) in [6, 6.07) is 18.0. The van der Waals surface area contributed by atoms with Crippen LogP contribution in [0.4, 0.5) is 0 Å². The number of halogens is 2. The van der Waals surface area contributed by atoms with E-state index in [2.05, 4.69) is 26.5 Å². The van der Waals surface area contributed by atoms with Gasteiger partial charge in [0.25, 0.3) is 5.91 Å². The summed E-state index contributed by atoms with van der Waals surface area (Å²) in [6.45, 7) is 2.96. The maximum atomic E-state index is 12.5. The van der Waals surface area contributed by atoms with E-state index in [0.29, 0.717) is 46.6 Å². The van der Waals surface area contributed by atoms with Gasteiger partial charge < -0.3 is 14.2 Å². The van der Waals surface area contributed by atoms with Crippen molar-refractivity contribution in [2.24, 2.45) is 5.10 Å². The molecule has 0 heterocycles. The predicted octanol–water partition coefficient (Wildman–Crippen LogP) is 6.24.